The highest BCUT2D eigenvalue weighted by molar-refractivity contribution is 5.85. The van der Waals surface area contributed by atoms with Crippen molar-refractivity contribution in [3.63, 3.8) is 0 Å². The van der Waals surface area contributed by atoms with E-state index in [4.69, 9.17) is 10.3 Å². The number of hydrogen-bond acceptors (Lipinski definition) is 4. The lowest BCUT2D eigenvalue weighted by Crippen LogP contribution is -2.26. The molecule has 102 valence electrons. The monoisotopic (exact) mass is 279 g/mol. The highest BCUT2D eigenvalue weighted by Gasteiger charge is 2.20. The van der Waals surface area contributed by atoms with Gasteiger partial charge in [0.05, 0.1) is 6.54 Å². The molecular weight excluding hydrogens is 262 g/mol. The number of halogens is 1. The van der Waals surface area contributed by atoms with E-state index in [0.29, 0.717) is 6.04 Å². The molecule has 1 saturated heterocycles. The number of benzene rings is 1. The molecule has 1 aromatic heterocycles. The van der Waals surface area contributed by atoms with E-state index in [1.54, 1.807) is 0 Å². The van der Waals surface area contributed by atoms with Gasteiger partial charge in [0.25, 0.3) is 0 Å². The summed E-state index contributed by atoms with van der Waals surface area (Å²) in [4.78, 5) is 2.31. The molecular formula is C14H18ClN3O. The molecule has 4 nitrogen and oxygen atoms in total. The molecule has 1 aliphatic rings. The van der Waals surface area contributed by atoms with Gasteiger partial charge in [0, 0.05) is 30.8 Å². The number of likely N-dealkylation sites (tertiary alicyclic amines) is 1. The minimum absolute atomic E-state index is 0. The number of rotatable bonds is 3. The van der Waals surface area contributed by atoms with Gasteiger partial charge in [-0.05, 0) is 6.42 Å². The Bertz CT molecular complexity index is 514. The van der Waals surface area contributed by atoms with E-state index in [9.17, 15) is 0 Å². The van der Waals surface area contributed by atoms with Crippen LogP contribution in [-0.4, -0.2) is 29.2 Å². The second-order valence-corrected chi connectivity index (χ2v) is 4.83. The third kappa shape index (κ3) is 3.35. The molecule has 19 heavy (non-hydrogen) atoms. The van der Waals surface area contributed by atoms with Crippen LogP contribution in [0, 0.1) is 0 Å². The third-order valence-electron chi connectivity index (χ3n) is 3.32. The second-order valence-electron chi connectivity index (χ2n) is 4.83. The molecule has 3 rings (SSSR count). The second kappa shape index (κ2) is 6.19. The average Bonchev–Trinajstić information content (AvgIpc) is 3.01. The molecule has 0 bridgehead atoms. The maximum Gasteiger partial charge on any atom is 0.151 e. The van der Waals surface area contributed by atoms with Crippen LogP contribution in [0.1, 0.15) is 12.2 Å². The average molecular weight is 280 g/mol. The number of hydrogen-bond donors (Lipinski definition) is 1. The normalized spacial score (nSPS) is 19.3. The van der Waals surface area contributed by atoms with Gasteiger partial charge in [0.2, 0.25) is 0 Å². The van der Waals surface area contributed by atoms with Gasteiger partial charge in [-0.15, -0.1) is 12.4 Å². The van der Waals surface area contributed by atoms with Gasteiger partial charge in [-0.3, -0.25) is 4.90 Å². The summed E-state index contributed by atoms with van der Waals surface area (Å²) >= 11 is 0. The Morgan fingerprint density at radius 3 is 2.79 bits per heavy atom. The summed E-state index contributed by atoms with van der Waals surface area (Å²) in [7, 11) is 0. The lowest BCUT2D eigenvalue weighted by atomic mass is 10.1. The first-order valence-corrected chi connectivity index (χ1v) is 6.30. The van der Waals surface area contributed by atoms with Gasteiger partial charge in [-0.1, -0.05) is 35.5 Å². The first-order valence-electron chi connectivity index (χ1n) is 6.30. The van der Waals surface area contributed by atoms with Crippen molar-refractivity contribution in [2.45, 2.75) is 19.0 Å². The maximum atomic E-state index is 5.89. The maximum absolute atomic E-state index is 5.89. The van der Waals surface area contributed by atoms with Crippen LogP contribution in [0.3, 0.4) is 0 Å². The standard InChI is InChI=1S/C14H17N3O.ClH/c15-12-6-7-17(9-12)10-13-8-14(16-18-13)11-4-2-1-3-5-11;/h1-5,8,12H,6-7,9-10,15H2;1H/t12-;/m1./s1. The molecule has 0 aliphatic carbocycles. The van der Waals surface area contributed by atoms with Crippen LogP contribution in [0.25, 0.3) is 11.3 Å². The smallest absolute Gasteiger partial charge is 0.151 e. The molecule has 1 aromatic carbocycles. The van der Waals surface area contributed by atoms with Gasteiger partial charge in [-0.25, -0.2) is 0 Å². The van der Waals surface area contributed by atoms with Crippen molar-refractivity contribution < 1.29 is 4.52 Å². The quantitative estimate of drug-likeness (QED) is 0.937. The minimum atomic E-state index is 0. The van der Waals surface area contributed by atoms with Gasteiger partial charge < -0.3 is 10.3 Å². The zero-order chi connectivity index (χ0) is 12.4. The number of nitrogens with two attached hydrogens (primary N) is 1. The van der Waals surface area contributed by atoms with E-state index < -0.39 is 0 Å². The fourth-order valence-electron chi connectivity index (χ4n) is 2.36. The number of aromatic nitrogens is 1. The van der Waals surface area contributed by atoms with E-state index in [0.717, 1.165) is 43.1 Å². The van der Waals surface area contributed by atoms with Crippen molar-refractivity contribution in [2.24, 2.45) is 5.73 Å². The highest BCUT2D eigenvalue weighted by atomic mass is 35.5. The van der Waals surface area contributed by atoms with Crippen LogP contribution < -0.4 is 5.73 Å². The molecule has 2 N–H and O–H groups in total. The summed E-state index contributed by atoms with van der Waals surface area (Å²) in [6, 6.07) is 12.4. The SMILES string of the molecule is Cl.N[C@@H]1CCN(Cc2cc(-c3ccccc3)no2)C1. The Morgan fingerprint density at radius 2 is 2.11 bits per heavy atom. The van der Waals surface area contributed by atoms with Crippen LogP contribution >= 0.6 is 12.4 Å². The highest BCUT2D eigenvalue weighted by Crippen LogP contribution is 2.20. The lowest BCUT2D eigenvalue weighted by molar-refractivity contribution is 0.272. The van der Waals surface area contributed by atoms with Crippen LogP contribution in [0.2, 0.25) is 0 Å². The Hall–Kier alpha value is -1.36. The van der Waals surface area contributed by atoms with Gasteiger partial charge in [0.15, 0.2) is 5.76 Å². The summed E-state index contributed by atoms with van der Waals surface area (Å²) in [6.07, 6.45) is 1.07. The molecule has 2 aromatic rings. The molecule has 1 aliphatic heterocycles. The fraction of sp³-hybridized carbons (Fsp3) is 0.357. The summed E-state index contributed by atoms with van der Waals surface area (Å²) in [6.45, 7) is 2.79. The van der Waals surface area contributed by atoms with Gasteiger partial charge in [-0.2, -0.15) is 0 Å². The van der Waals surface area contributed by atoms with Crippen molar-refractivity contribution in [3.05, 3.63) is 42.2 Å². The van der Waals surface area contributed by atoms with E-state index in [2.05, 4.69) is 10.1 Å². The molecule has 0 spiro atoms. The van der Waals surface area contributed by atoms with Crippen LogP contribution in [-0.2, 0) is 6.54 Å². The summed E-state index contributed by atoms with van der Waals surface area (Å²) < 4.78 is 5.38. The number of nitrogens with zero attached hydrogens (tertiary/aromatic N) is 2. The molecule has 0 radical (unpaired) electrons. The van der Waals surface area contributed by atoms with Crippen LogP contribution in [0.5, 0.6) is 0 Å². The van der Waals surface area contributed by atoms with E-state index >= 15 is 0 Å². The van der Waals surface area contributed by atoms with Crippen molar-refractivity contribution in [2.75, 3.05) is 13.1 Å². The summed E-state index contributed by atoms with van der Waals surface area (Å²) in [5, 5.41) is 4.11. The zero-order valence-corrected chi connectivity index (χ0v) is 11.5. The molecule has 1 atom stereocenters. The van der Waals surface area contributed by atoms with Crippen molar-refractivity contribution in [1.29, 1.82) is 0 Å². The third-order valence-corrected chi connectivity index (χ3v) is 3.32. The lowest BCUT2D eigenvalue weighted by Gasteiger charge is -2.11. The molecule has 2 heterocycles. The van der Waals surface area contributed by atoms with Crippen LogP contribution in [0.4, 0.5) is 0 Å². The molecule has 0 saturated carbocycles. The van der Waals surface area contributed by atoms with Crippen molar-refractivity contribution in [1.82, 2.24) is 10.1 Å². The first-order chi connectivity index (χ1) is 8.81. The molecule has 0 amide bonds. The minimum Gasteiger partial charge on any atom is -0.359 e. The Balaban J connectivity index is 0.00000133. The fourth-order valence-corrected chi connectivity index (χ4v) is 2.36. The Kier molecular flexibility index (Phi) is 4.58. The van der Waals surface area contributed by atoms with Gasteiger partial charge in [0.1, 0.15) is 5.69 Å². The van der Waals surface area contributed by atoms with Crippen molar-refractivity contribution >= 4 is 12.4 Å². The summed E-state index contributed by atoms with van der Waals surface area (Å²) in [5.41, 5.74) is 7.87. The van der Waals surface area contributed by atoms with E-state index in [1.807, 2.05) is 36.4 Å². The largest absolute Gasteiger partial charge is 0.359 e. The molecule has 5 heteroatoms. The van der Waals surface area contributed by atoms with Crippen LogP contribution in [0.15, 0.2) is 40.9 Å². The van der Waals surface area contributed by atoms with Crippen molar-refractivity contribution in [3.8, 4) is 11.3 Å². The Morgan fingerprint density at radius 1 is 1.32 bits per heavy atom. The van der Waals surface area contributed by atoms with Gasteiger partial charge >= 0.3 is 0 Å². The molecule has 1 fully saturated rings. The molecule has 0 unspecified atom stereocenters. The predicted molar refractivity (Wildman–Crippen MR) is 77.1 cm³/mol. The Labute approximate surface area is 119 Å². The first kappa shape index (κ1) is 14.1. The van der Waals surface area contributed by atoms with E-state index in [-0.39, 0.29) is 12.4 Å². The summed E-state index contributed by atoms with van der Waals surface area (Å²) in [5.74, 6) is 0.906. The zero-order valence-electron chi connectivity index (χ0n) is 10.7. The topological polar surface area (TPSA) is 55.3 Å². The van der Waals surface area contributed by atoms with E-state index in [1.165, 1.54) is 0 Å². The predicted octanol–water partition coefficient (Wildman–Crippen LogP) is 2.30.